The van der Waals surface area contributed by atoms with Gasteiger partial charge in [0, 0.05) is 16.0 Å². The number of amides is 1. The van der Waals surface area contributed by atoms with E-state index in [0.717, 1.165) is 35.8 Å². The number of halogens is 1. The van der Waals surface area contributed by atoms with Gasteiger partial charge in [0.1, 0.15) is 0 Å². The van der Waals surface area contributed by atoms with Crippen LogP contribution in [0.25, 0.3) is 0 Å². The van der Waals surface area contributed by atoms with Gasteiger partial charge in [-0.25, -0.2) is 0 Å². The largest absolute Gasteiger partial charge is 0.353 e. The minimum atomic E-state index is 0.113. The highest BCUT2D eigenvalue weighted by Gasteiger charge is 2.15. The van der Waals surface area contributed by atoms with E-state index in [9.17, 15) is 4.79 Å². The molecule has 1 fully saturated rings. The second-order valence-corrected chi connectivity index (χ2v) is 5.82. The predicted molar refractivity (Wildman–Crippen MR) is 76.2 cm³/mol. The summed E-state index contributed by atoms with van der Waals surface area (Å²) < 4.78 is 0. The number of thioether (sulfide) groups is 1. The van der Waals surface area contributed by atoms with Gasteiger partial charge in [-0.2, -0.15) is 0 Å². The highest BCUT2D eigenvalue weighted by molar-refractivity contribution is 8.00. The Morgan fingerprint density at radius 3 is 2.67 bits per heavy atom. The third kappa shape index (κ3) is 4.52. The summed E-state index contributed by atoms with van der Waals surface area (Å²) in [6, 6.07) is 7.89. The molecule has 1 amide bonds. The topological polar surface area (TPSA) is 41.1 Å². The van der Waals surface area contributed by atoms with Crippen LogP contribution in [0.5, 0.6) is 0 Å². The van der Waals surface area contributed by atoms with Gasteiger partial charge < -0.3 is 10.6 Å². The maximum atomic E-state index is 11.8. The molecular formula is C13H17ClN2OS. The van der Waals surface area contributed by atoms with Crippen LogP contribution in [0.15, 0.2) is 29.2 Å². The maximum Gasteiger partial charge on any atom is 0.230 e. The van der Waals surface area contributed by atoms with Gasteiger partial charge in [0.2, 0.25) is 5.91 Å². The molecule has 2 N–H and O–H groups in total. The predicted octanol–water partition coefficient (Wildman–Crippen LogP) is 2.30. The number of carbonyl (C=O) groups excluding carboxylic acids is 1. The molecule has 1 aliphatic heterocycles. The van der Waals surface area contributed by atoms with E-state index in [1.165, 1.54) is 11.8 Å². The normalized spacial score (nSPS) is 16.5. The van der Waals surface area contributed by atoms with E-state index >= 15 is 0 Å². The number of benzene rings is 1. The molecule has 0 atom stereocenters. The lowest BCUT2D eigenvalue weighted by atomic mass is 10.1. The van der Waals surface area contributed by atoms with Crippen LogP contribution in [0.2, 0.25) is 5.02 Å². The molecule has 0 bridgehead atoms. The average molecular weight is 285 g/mol. The number of hydrogen-bond acceptors (Lipinski definition) is 3. The zero-order chi connectivity index (χ0) is 12.8. The van der Waals surface area contributed by atoms with Gasteiger partial charge in [-0.3, -0.25) is 4.79 Å². The van der Waals surface area contributed by atoms with Crippen LogP contribution in [0.1, 0.15) is 12.8 Å². The standard InChI is InChI=1S/C13H17ClN2OS/c14-10-1-3-12(4-2-10)18-9-13(17)16-11-5-7-15-8-6-11/h1-4,11,15H,5-9H2,(H,16,17). The van der Waals surface area contributed by atoms with Crippen LogP contribution < -0.4 is 10.6 Å². The van der Waals surface area contributed by atoms with Crippen molar-refractivity contribution in [1.82, 2.24) is 10.6 Å². The van der Waals surface area contributed by atoms with E-state index in [1.54, 1.807) is 0 Å². The van der Waals surface area contributed by atoms with Gasteiger partial charge in [-0.15, -0.1) is 11.8 Å². The van der Waals surface area contributed by atoms with Gasteiger partial charge in [0.15, 0.2) is 0 Å². The first kappa shape index (κ1) is 13.7. The van der Waals surface area contributed by atoms with Crippen molar-refractivity contribution in [3.8, 4) is 0 Å². The number of rotatable bonds is 4. The maximum absolute atomic E-state index is 11.8. The van der Waals surface area contributed by atoms with Gasteiger partial charge >= 0.3 is 0 Å². The first-order valence-corrected chi connectivity index (χ1v) is 7.49. The van der Waals surface area contributed by atoms with Gasteiger partial charge in [0.05, 0.1) is 5.75 Å². The molecule has 1 heterocycles. The molecule has 1 saturated heterocycles. The highest BCUT2D eigenvalue weighted by Crippen LogP contribution is 2.20. The zero-order valence-corrected chi connectivity index (χ0v) is 11.7. The fraction of sp³-hybridized carbons (Fsp3) is 0.462. The third-order valence-corrected chi connectivity index (χ3v) is 4.15. The lowest BCUT2D eigenvalue weighted by Gasteiger charge is -2.23. The molecule has 18 heavy (non-hydrogen) atoms. The van der Waals surface area contributed by atoms with E-state index < -0.39 is 0 Å². The minimum Gasteiger partial charge on any atom is -0.353 e. The fourth-order valence-corrected chi connectivity index (χ4v) is 2.75. The van der Waals surface area contributed by atoms with Crippen LogP contribution in [0, 0.1) is 0 Å². The molecule has 3 nitrogen and oxygen atoms in total. The van der Waals surface area contributed by atoms with Crippen LogP contribution in [-0.2, 0) is 4.79 Å². The molecule has 1 aromatic carbocycles. The lowest BCUT2D eigenvalue weighted by molar-refractivity contribution is -0.119. The summed E-state index contributed by atoms with van der Waals surface area (Å²) in [5.41, 5.74) is 0. The van der Waals surface area contributed by atoms with Crippen molar-refractivity contribution < 1.29 is 4.79 Å². The van der Waals surface area contributed by atoms with Gasteiger partial charge in [-0.05, 0) is 50.2 Å². The molecule has 2 rings (SSSR count). The summed E-state index contributed by atoms with van der Waals surface area (Å²) in [6.45, 7) is 1.99. The molecule has 0 aliphatic carbocycles. The van der Waals surface area contributed by atoms with Crippen molar-refractivity contribution in [3.63, 3.8) is 0 Å². The Morgan fingerprint density at radius 1 is 1.33 bits per heavy atom. The Kier molecular flexibility index (Phi) is 5.35. The number of carbonyl (C=O) groups is 1. The van der Waals surface area contributed by atoms with Crippen molar-refractivity contribution in [2.75, 3.05) is 18.8 Å². The van der Waals surface area contributed by atoms with E-state index in [1.807, 2.05) is 24.3 Å². The van der Waals surface area contributed by atoms with E-state index in [4.69, 9.17) is 11.6 Å². The monoisotopic (exact) mass is 284 g/mol. The minimum absolute atomic E-state index is 0.113. The average Bonchev–Trinajstić information content (AvgIpc) is 2.39. The molecule has 98 valence electrons. The Balaban J connectivity index is 1.72. The van der Waals surface area contributed by atoms with E-state index in [-0.39, 0.29) is 5.91 Å². The van der Waals surface area contributed by atoms with Crippen molar-refractivity contribution in [2.45, 2.75) is 23.8 Å². The molecule has 5 heteroatoms. The Bertz CT molecular complexity index is 390. The smallest absolute Gasteiger partial charge is 0.230 e. The second kappa shape index (κ2) is 7.02. The molecule has 0 saturated carbocycles. The summed E-state index contributed by atoms with van der Waals surface area (Å²) in [7, 11) is 0. The fourth-order valence-electron chi connectivity index (χ4n) is 1.92. The molecule has 1 aliphatic rings. The Morgan fingerprint density at radius 2 is 2.00 bits per heavy atom. The quantitative estimate of drug-likeness (QED) is 0.834. The summed E-state index contributed by atoms with van der Waals surface area (Å²) in [5.74, 6) is 0.577. The molecule has 0 unspecified atom stereocenters. The lowest BCUT2D eigenvalue weighted by Crippen LogP contribution is -2.43. The summed E-state index contributed by atoms with van der Waals surface area (Å²) in [4.78, 5) is 12.8. The Hall–Kier alpha value is -0.710. The number of piperidine rings is 1. The van der Waals surface area contributed by atoms with Crippen molar-refractivity contribution >= 4 is 29.3 Å². The number of hydrogen-bond donors (Lipinski definition) is 2. The molecular weight excluding hydrogens is 268 g/mol. The van der Waals surface area contributed by atoms with Crippen LogP contribution in [0.4, 0.5) is 0 Å². The van der Waals surface area contributed by atoms with Crippen molar-refractivity contribution in [1.29, 1.82) is 0 Å². The van der Waals surface area contributed by atoms with Gasteiger partial charge in [-0.1, -0.05) is 11.6 Å². The molecule has 0 aromatic heterocycles. The number of nitrogens with one attached hydrogen (secondary N) is 2. The SMILES string of the molecule is O=C(CSc1ccc(Cl)cc1)NC1CCNCC1. The second-order valence-electron chi connectivity index (χ2n) is 4.33. The molecule has 0 spiro atoms. The van der Waals surface area contributed by atoms with Gasteiger partial charge in [0.25, 0.3) is 0 Å². The summed E-state index contributed by atoms with van der Waals surface area (Å²) in [5, 5.41) is 7.08. The van der Waals surface area contributed by atoms with Crippen LogP contribution >= 0.6 is 23.4 Å². The molecule has 0 radical (unpaired) electrons. The highest BCUT2D eigenvalue weighted by atomic mass is 35.5. The van der Waals surface area contributed by atoms with Crippen molar-refractivity contribution in [3.05, 3.63) is 29.3 Å². The summed E-state index contributed by atoms with van der Waals surface area (Å²) in [6.07, 6.45) is 2.05. The summed E-state index contributed by atoms with van der Waals surface area (Å²) >= 11 is 7.35. The van der Waals surface area contributed by atoms with E-state index in [2.05, 4.69) is 10.6 Å². The van der Waals surface area contributed by atoms with Crippen LogP contribution in [0.3, 0.4) is 0 Å². The first-order valence-electron chi connectivity index (χ1n) is 6.12. The van der Waals surface area contributed by atoms with Crippen LogP contribution in [-0.4, -0.2) is 30.8 Å². The van der Waals surface area contributed by atoms with Crippen molar-refractivity contribution in [2.24, 2.45) is 0 Å². The Labute approximate surface area is 117 Å². The molecule has 1 aromatic rings. The van der Waals surface area contributed by atoms with E-state index in [0.29, 0.717) is 11.8 Å². The zero-order valence-electron chi connectivity index (χ0n) is 10.1. The first-order chi connectivity index (χ1) is 8.74. The third-order valence-electron chi connectivity index (χ3n) is 2.89.